The predicted molar refractivity (Wildman–Crippen MR) is 47.1 cm³/mol. The van der Waals surface area contributed by atoms with Gasteiger partial charge in [0.1, 0.15) is 5.82 Å². The van der Waals surface area contributed by atoms with E-state index in [9.17, 15) is 9.18 Å². The Morgan fingerprint density at radius 1 is 1.77 bits per heavy atom. The molecule has 0 fully saturated rings. The fourth-order valence-corrected chi connectivity index (χ4v) is 0.908. The first kappa shape index (κ1) is 4.74. The Labute approximate surface area is 83.4 Å². The largest absolute Gasteiger partial charge is 0.465 e. The van der Waals surface area contributed by atoms with Crippen molar-refractivity contribution in [1.29, 1.82) is 0 Å². The molecule has 0 spiro atoms. The normalized spacial score (nSPS) is 17.5. The third-order valence-electron chi connectivity index (χ3n) is 1.52. The van der Waals surface area contributed by atoms with Gasteiger partial charge in [0.05, 0.1) is 12.7 Å². The number of halogens is 1. The minimum atomic E-state index is -3.02. The number of rotatable bonds is 2. The van der Waals surface area contributed by atoms with E-state index in [2.05, 4.69) is 4.74 Å². The first-order valence-corrected chi connectivity index (χ1v) is 3.49. The van der Waals surface area contributed by atoms with E-state index in [1.165, 1.54) is 0 Å². The molecule has 0 aliphatic heterocycles. The second-order valence-corrected chi connectivity index (χ2v) is 2.31. The van der Waals surface area contributed by atoms with E-state index >= 15 is 0 Å². The summed E-state index contributed by atoms with van der Waals surface area (Å²) in [5.74, 6) is -1.75. The van der Waals surface area contributed by atoms with Crippen molar-refractivity contribution in [3.63, 3.8) is 0 Å². The number of methoxy groups -OCH3 is 1. The monoisotopic (exact) mass is 187 g/mol. The van der Waals surface area contributed by atoms with E-state index in [4.69, 9.17) is 6.85 Å². The second kappa shape index (κ2) is 4.03. The highest BCUT2D eigenvalue weighted by Gasteiger charge is 2.10. The molecule has 0 aliphatic carbocycles. The number of benzene rings is 1. The van der Waals surface area contributed by atoms with Crippen LogP contribution in [0.5, 0.6) is 0 Å². The van der Waals surface area contributed by atoms with Gasteiger partial charge in [0.25, 0.3) is 0 Å². The van der Waals surface area contributed by atoms with Gasteiger partial charge in [0.15, 0.2) is 0 Å². The first-order valence-electron chi connectivity index (χ1n) is 5.99. The summed E-state index contributed by atoms with van der Waals surface area (Å²) in [4.78, 5) is 11.4. The topological polar surface area (TPSA) is 26.3 Å². The molecule has 0 radical (unpaired) electrons. The van der Waals surface area contributed by atoms with Gasteiger partial charge < -0.3 is 4.74 Å². The lowest BCUT2D eigenvalue weighted by molar-refractivity contribution is 0.0599. The second-order valence-electron chi connectivity index (χ2n) is 2.31. The van der Waals surface area contributed by atoms with Gasteiger partial charge in [-0.2, -0.15) is 0 Å². The number of aryl methyl sites for hydroxylation is 1. The van der Waals surface area contributed by atoms with E-state index < -0.39 is 30.6 Å². The molecule has 3 heteroatoms. The standard InChI is InChI=1S/C10H11FO2/c1-3-7-6-8(11)4-5-9(7)10(12)13-2/h4-6H,3H2,1-2H3/i1D3,3D2. The van der Waals surface area contributed by atoms with E-state index in [-0.39, 0.29) is 5.56 Å². The van der Waals surface area contributed by atoms with Crippen molar-refractivity contribution in [2.24, 2.45) is 0 Å². The highest BCUT2D eigenvalue weighted by atomic mass is 19.1. The van der Waals surface area contributed by atoms with Gasteiger partial charge in [-0.05, 0) is 30.1 Å². The molecule has 0 unspecified atom stereocenters. The van der Waals surface area contributed by atoms with E-state index in [1.807, 2.05) is 0 Å². The summed E-state index contributed by atoms with van der Waals surface area (Å²) in [6, 6.07) is 2.63. The van der Waals surface area contributed by atoms with Gasteiger partial charge >= 0.3 is 5.97 Å². The average Bonchev–Trinajstić information content (AvgIpc) is 2.26. The number of hydrogen-bond acceptors (Lipinski definition) is 2. The Balaban J connectivity index is 3.47. The maximum atomic E-state index is 13.1. The third kappa shape index (κ3) is 2.05. The molecule has 2 nitrogen and oxygen atoms in total. The van der Waals surface area contributed by atoms with Gasteiger partial charge in [-0.15, -0.1) is 0 Å². The molecule has 1 rings (SSSR count). The molecule has 0 heterocycles. The van der Waals surface area contributed by atoms with Gasteiger partial charge in [0.2, 0.25) is 0 Å². The van der Waals surface area contributed by atoms with Crippen molar-refractivity contribution in [2.75, 3.05) is 7.11 Å². The zero-order chi connectivity index (χ0) is 14.1. The fourth-order valence-electron chi connectivity index (χ4n) is 0.908. The van der Waals surface area contributed by atoms with E-state index in [0.717, 1.165) is 19.2 Å². The summed E-state index contributed by atoms with van der Waals surface area (Å²) in [6.45, 7) is -3.02. The number of ether oxygens (including phenoxy) is 1. The van der Waals surface area contributed by atoms with Crippen LogP contribution >= 0.6 is 0 Å². The van der Waals surface area contributed by atoms with Crippen LogP contribution in [0.25, 0.3) is 0 Å². The number of carbonyl (C=O) groups excluding carboxylic acids is 1. The van der Waals surface area contributed by atoms with Crippen molar-refractivity contribution < 1.29 is 20.8 Å². The SMILES string of the molecule is [2H]C([2H])([2H])C([2H])([2H])c1cc(F)ccc1C(=O)OC. The summed E-state index contributed by atoms with van der Waals surface area (Å²) >= 11 is 0. The Morgan fingerprint density at radius 3 is 3.15 bits per heavy atom. The molecule has 0 saturated carbocycles. The van der Waals surface area contributed by atoms with E-state index in [1.54, 1.807) is 0 Å². The smallest absolute Gasteiger partial charge is 0.338 e. The van der Waals surface area contributed by atoms with E-state index in [0.29, 0.717) is 6.07 Å². The minimum Gasteiger partial charge on any atom is -0.465 e. The van der Waals surface area contributed by atoms with Crippen molar-refractivity contribution >= 4 is 5.97 Å². The van der Waals surface area contributed by atoms with Crippen LogP contribution in [0.3, 0.4) is 0 Å². The molecule has 0 amide bonds. The molecule has 0 bridgehead atoms. The summed E-state index contributed by atoms with van der Waals surface area (Å²) in [5.41, 5.74) is -0.852. The zero-order valence-electron chi connectivity index (χ0n) is 11.9. The first-order chi connectivity index (χ1) is 8.11. The highest BCUT2D eigenvalue weighted by Crippen LogP contribution is 2.12. The third-order valence-corrected chi connectivity index (χ3v) is 1.52. The zero-order valence-corrected chi connectivity index (χ0v) is 6.93. The highest BCUT2D eigenvalue weighted by molar-refractivity contribution is 5.90. The lowest BCUT2D eigenvalue weighted by Crippen LogP contribution is -2.05. The molecule has 0 aromatic heterocycles. The van der Waals surface area contributed by atoms with Crippen molar-refractivity contribution in [2.45, 2.75) is 13.2 Å². The summed E-state index contributed by atoms with van der Waals surface area (Å²) in [5, 5.41) is 0. The fraction of sp³-hybridized carbons (Fsp3) is 0.300. The Hall–Kier alpha value is -1.38. The Morgan fingerprint density at radius 2 is 2.54 bits per heavy atom. The molecule has 13 heavy (non-hydrogen) atoms. The lowest BCUT2D eigenvalue weighted by atomic mass is 10.1. The predicted octanol–water partition coefficient (Wildman–Crippen LogP) is 2.17. The number of carbonyl (C=O) groups is 1. The molecule has 0 saturated heterocycles. The van der Waals surface area contributed by atoms with Crippen LogP contribution in [0.1, 0.15) is 29.6 Å². The van der Waals surface area contributed by atoms with Gasteiger partial charge in [-0.3, -0.25) is 0 Å². The number of hydrogen-bond donors (Lipinski definition) is 0. The molecule has 1 aromatic rings. The summed E-state index contributed by atoms with van der Waals surface area (Å²) in [7, 11) is 1.07. The summed E-state index contributed by atoms with van der Waals surface area (Å²) < 4.78 is 54.0. The van der Waals surface area contributed by atoms with Crippen molar-refractivity contribution in [1.82, 2.24) is 0 Å². The maximum Gasteiger partial charge on any atom is 0.338 e. The van der Waals surface area contributed by atoms with Crippen LogP contribution in [-0.4, -0.2) is 13.1 Å². The van der Waals surface area contributed by atoms with Crippen LogP contribution in [-0.2, 0) is 11.1 Å². The molecule has 70 valence electrons. The quantitative estimate of drug-likeness (QED) is 0.663. The van der Waals surface area contributed by atoms with Crippen LogP contribution in [0.15, 0.2) is 18.2 Å². The van der Waals surface area contributed by atoms with Gasteiger partial charge in [0, 0.05) is 6.85 Å². The van der Waals surface area contributed by atoms with Crippen LogP contribution in [0.2, 0.25) is 0 Å². The van der Waals surface area contributed by atoms with Gasteiger partial charge in [-0.25, -0.2) is 9.18 Å². The van der Waals surface area contributed by atoms with Crippen LogP contribution < -0.4 is 0 Å². The minimum absolute atomic E-state index is 0.306. The molecule has 1 aromatic carbocycles. The van der Waals surface area contributed by atoms with Crippen molar-refractivity contribution in [3.8, 4) is 0 Å². The number of esters is 1. The Bertz CT molecular complexity index is 470. The molecule has 0 atom stereocenters. The molecular formula is C10H11FO2. The summed E-state index contributed by atoms with van der Waals surface area (Å²) in [6.07, 6.45) is -2.85. The van der Waals surface area contributed by atoms with Crippen LogP contribution in [0, 0.1) is 5.82 Å². The molecule has 0 aliphatic rings. The maximum absolute atomic E-state index is 13.1. The average molecular weight is 187 g/mol. The lowest BCUT2D eigenvalue weighted by Gasteiger charge is -2.04. The van der Waals surface area contributed by atoms with Gasteiger partial charge in [-0.1, -0.05) is 6.85 Å². The van der Waals surface area contributed by atoms with Crippen LogP contribution in [0.4, 0.5) is 4.39 Å². The molecule has 0 N–H and O–H groups in total. The van der Waals surface area contributed by atoms with Crippen molar-refractivity contribution in [3.05, 3.63) is 35.1 Å². The Kier molecular flexibility index (Phi) is 1.47. The molecular weight excluding hydrogens is 171 g/mol.